The molecule has 1 saturated carbocycles. The van der Waals surface area contributed by atoms with Crippen molar-refractivity contribution in [2.24, 2.45) is 10.3 Å². The van der Waals surface area contributed by atoms with Crippen LogP contribution in [0.4, 0.5) is 0 Å². The van der Waals surface area contributed by atoms with E-state index in [0.717, 1.165) is 12.8 Å². The average molecular weight is 365 g/mol. The largest absolute Gasteiger partial charge is 0.497 e. The molecule has 0 N–H and O–H groups in total. The van der Waals surface area contributed by atoms with Gasteiger partial charge in [0, 0.05) is 6.42 Å². The fourth-order valence-electron chi connectivity index (χ4n) is 4.02. The van der Waals surface area contributed by atoms with Crippen LogP contribution in [0.5, 0.6) is 5.75 Å². The van der Waals surface area contributed by atoms with Gasteiger partial charge in [-0.15, -0.1) is 4.40 Å². The summed E-state index contributed by atoms with van der Waals surface area (Å²) in [6.45, 7) is 3.65. The number of hydrogen-bond donors (Lipinski definition) is 0. The number of ether oxygens (including phenoxy) is 2. The predicted molar refractivity (Wildman–Crippen MR) is 98.4 cm³/mol. The highest BCUT2D eigenvalue weighted by atomic mass is 32.2. The SMILES string of the molecule is COc1cccc(C2C(C)(C)OC(CC3CCCCC3)=NS2(=O)=O)c1. The summed E-state index contributed by atoms with van der Waals surface area (Å²) in [6, 6.07) is 7.12. The van der Waals surface area contributed by atoms with Crippen molar-refractivity contribution in [3.05, 3.63) is 29.8 Å². The molecule has 1 unspecified atom stereocenters. The zero-order valence-corrected chi connectivity index (χ0v) is 16.0. The van der Waals surface area contributed by atoms with Crippen LogP contribution in [0.1, 0.15) is 63.2 Å². The van der Waals surface area contributed by atoms with Crippen molar-refractivity contribution in [2.45, 2.75) is 63.2 Å². The maximum atomic E-state index is 12.9. The lowest BCUT2D eigenvalue weighted by molar-refractivity contribution is 0.0780. The van der Waals surface area contributed by atoms with Crippen LogP contribution in [0, 0.1) is 5.92 Å². The molecule has 1 aliphatic heterocycles. The van der Waals surface area contributed by atoms with Gasteiger partial charge < -0.3 is 9.47 Å². The molecule has 6 heteroatoms. The van der Waals surface area contributed by atoms with E-state index in [1.165, 1.54) is 19.3 Å². The van der Waals surface area contributed by atoms with Crippen LogP contribution in [-0.2, 0) is 14.8 Å². The maximum absolute atomic E-state index is 12.9. The molecule has 5 nitrogen and oxygen atoms in total. The molecule has 1 aromatic rings. The summed E-state index contributed by atoms with van der Waals surface area (Å²) in [4.78, 5) is 0. The van der Waals surface area contributed by atoms with Gasteiger partial charge in [-0.3, -0.25) is 0 Å². The second kappa shape index (κ2) is 6.98. The summed E-state index contributed by atoms with van der Waals surface area (Å²) in [7, 11) is -2.14. The van der Waals surface area contributed by atoms with Crippen LogP contribution >= 0.6 is 0 Å². The molecule has 1 atom stereocenters. The molecule has 0 aromatic heterocycles. The molecule has 1 aliphatic carbocycles. The molecule has 3 rings (SSSR count). The summed E-state index contributed by atoms with van der Waals surface area (Å²) >= 11 is 0. The standard InChI is InChI=1S/C19H27NO4S/c1-19(2)18(15-10-7-11-16(13-15)23-3)25(21,22)20-17(24-19)12-14-8-5-4-6-9-14/h7,10-11,13-14,18H,4-6,8-9,12H2,1-3H3. The highest BCUT2D eigenvalue weighted by Gasteiger charge is 2.47. The quantitative estimate of drug-likeness (QED) is 0.800. The third-order valence-electron chi connectivity index (χ3n) is 5.12. The van der Waals surface area contributed by atoms with E-state index in [2.05, 4.69) is 4.40 Å². The first kappa shape index (κ1) is 18.2. The summed E-state index contributed by atoms with van der Waals surface area (Å²) in [5.41, 5.74) is -0.235. The maximum Gasteiger partial charge on any atom is 0.267 e. The van der Waals surface area contributed by atoms with Gasteiger partial charge in [-0.05, 0) is 50.3 Å². The summed E-state index contributed by atoms with van der Waals surface area (Å²) in [5, 5.41) is -0.842. The molecule has 25 heavy (non-hydrogen) atoms. The molecule has 0 radical (unpaired) electrons. The zero-order valence-electron chi connectivity index (χ0n) is 15.2. The fraction of sp³-hybridized carbons (Fsp3) is 0.632. The Labute approximate surface area is 150 Å². The van der Waals surface area contributed by atoms with Gasteiger partial charge in [-0.2, -0.15) is 0 Å². The van der Waals surface area contributed by atoms with Crippen LogP contribution in [0.3, 0.4) is 0 Å². The van der Waals surface area contributed by atoms with Crippen molar-refractivity contribution < 1.29 is 17.9 Å². The molecule has 138 valence electrons. The van der Waals surface area contributed by atoms with E-state index in [9.17, 15) is 8.42 Å². The molecule has 0 bridgehead atoms. The Morgan fingerprint density at radius 1 is 1.24 bits per heavy atom. The van der Waals surface area contributed by atoms with Gasteiger partial charge in [0.15, 0.2) is 0 Å². The van der Waals surface area contributed by atoms with Gasteiger partial charge >= 0.3 is 0 Å². The zero-order chi connectivity index (χ0) is 18.1. The van der Waals surface area contributed by atoms with E-state index in [-0.39, 0.29) is 0 Å². The number of sulfonamides is 1. The van der Waals surface area contributed by atoms with E-state index in [4.69, 9.17) is 9.47 Å². The Balaban J connectivity index is 1.90. The smallest absolute Gasteiger partial charge is 0.267 e. The van der Waals surface area contributed by atoms with E-state index in [0.29, 0.717) is 29.5 Å². The Bertz CT molecular complexity index is 748. The molecule has 2 aliphatic rings. The number of rotatable bonds is 4. The van der Waals surface area contributed by atoms with E-state index >= 15 is 0 Å². The van der Waals surface area contributed by atoms with Crippen molar-refractivity contribution in [1.82, 2.24) is 0 Å². The van der Waals surface area contributed by atoms with E-state index in [1.807, 2.05) is 13.8 Å². The Kier molecular flexibility index (Phi) is 5.09. The van der Waals surface area contributed by atoms with Gasteiger partial charge in [0.05, 0.1) is 7.11 Å². The van der Waals surface area contributed by atoms with Crippen LogP contribution in [-0.4, -0.2) is 27.0 Å². The average Bonchev–Trinajstić information content (AvgIpc) is 2.53. The first-order valence-corrected chi connectivity index (χ1v) is 10.5. The van der Waals surface area contributed by atoms with Gasteiger partial charge in [-0.25, -0.2) is 8.42 Å². The number of methoxy groups -OCH3 is 1. The molecule has 0 saturated heterocycles. The van der Waals surface area contributed by atoms with Crippen molar-refractivity contribution in [2.75, 3.05) is 7.11 Å². The molecule has 0 spiro atoms. The minimum Gasteiger partial charge on any atom is -0.497 e. The highest BCUT2D eigenvalue weighted by Crippen LogP contribution is 2.42. The van der Waals surface area contributed by atoms with Crippen molar-refractivity contribution in [1.29, 1.82) is 0 Å². The Morgan fingerprint density at radius 2 is 1.96 bits per heavy atom. The minimum absolute atomic E-state index is 0.371. The number of benzene rings is 1. The molecule has 1 aromatic carbocycles. The molecular weight excluding hydrogens is 338 g/mol. The van der Waals surface area contributed by atoms with Gasteiger partial charge in [0.2, 0.25) is 5.90 Å². The Morgan fingerprint density at radius 3 is 2.60 bits per heavy atom. The first-order valence-electron chi connectivity index (χ1n) is 8.97. The Hall–Kier alpha value is -1.56. The topological polar surface area (TPSA) is 65.0 Å². The third-order valence-corrected chi connectivity index (χ3v) is 7.02. The van der Waals surface area contributed by atoms with Gasteiger partial charge in [-0.1, -0.05) is 31.4 Å². The van der Waals surface area contributed by atoms with Gasteiger partial charge in [0.1, 0.15) is 16.6 Å². The van der Waals surface area contributed by atoms with Crippen LogP contribution in [0.15, 0.2) is 28.7 Å². The minimum atomic E-state index is -3.70. The lowest BCUT2D eigenvalue weighted by Gasteiger charge is -2.38. The van der Waals surface area contributed by atoms with Crippen LogP contribution < -0.4 is 4.74 Å². The monoisotopic (exact) mass is 365 g/mol. The summed E-state index contributed by atoms with van der Waals surface area (Å²) in [5.74, 6) is 1.48. The normalized spacial score (nSPS) is 25.7. The second-order valence-electron chi connectivity index (χ2n) is 7.57. The van der Waals surface area contributed by atoms with Crippen molar-refractivity contribution in [3.8, 4) is 5.75 Å². The first-order chi connectivity index (χ1) is 11.8. The summed E-state index contributed by atoms with van der Waals surface area (Å²) in [6.07, 6.45) is 6.56. The van der Waals surface area contributed by atoms with E-state index in [1.54, 1.807) is 31.4 Å². The number of nitrogens with zero attached hydrogens (tertiary/aromatic N) is 1. The molecule has 0 amide bonds. The van der Waals surface area contributed by atoms with E-state index < -0.39 is 20.9 Å². The van der Waals surface area contributed by atoms with Crippen LogP contribution in [0.2, 0.25) is 0 Å². The second-order valence-corrected chi connectivity index (χ2v) is 9.25. The third kappa shape index (κ3) is 4.00. The van der Waals surface area contributed by atoms with Crippen LogP contribution in [0.25, 0.3) is 0 Å². The van der Waals surface area contributed by atoms with Crippen molar-refractivity contribution >= 4 is 15.9 Å². The molecule has 1 fully saturated rings. The lowest BCUT2D eigenvalue weighted by atomic mass is 9.87. The summed E-state index contributed by atoms with van der Waals surface area (Å²) < 4.78 is 41.2. The lowest BCUT2D eigenvalue weighted by Crippen LogP contribution is -2.43. The fourth-order valence-corrected chi connectivity index (χ4v) is 5.78. The number of hydrogen-bond acceptors (Lipinski definition) is 4. The predicted octanol–water partition coefficient (Wildman–Crippen LogP) is 4.24. The molecule has 1 heterocycles. The van der Waals surface area contributed by atoms with Gasteiger partial charge in [0.25, 0.3) is 10.0 Å². The highest BCUT2D eigenvalue weighted by molar-refractivity contribution is 7.90. The van der Waals surface area contributed by atoms with Crippen molar-refractivity contribution in [3.63, 3.8) is 0 Å². The molecular formula is C19H27NO4S.